The van der Waals surface area contributed by atoms with Crippen LogP contribution in [0.1, 0.15) is 20.8 Å². The number of carboxylic acid groups (broad SMARTS) is 1. The van der Waals surface area contributed by atoms with Crippen molar-refractivity contribution in [3.05, 3.63) is 56.7 Å². The third-order valence-corrected chi connectivity index (χ3v) is 3.45. The van der Waals surface area contributed by atoms with E-state index in [-0.39, 0.29) is 0 Å². The van der Waals surface area contributed by atoms with E-state index in [0.717, 1.165) is 11.1 Å². The summed E-state index contributed by atoms with van der Waals surface area (Å²) in [5, 5.41) is 11.5. The van der Waals surface area contributed by atoms with E-state index in [1.165, 1.54) is 11.3 Å². The van der Waals surface area contributed by atoms with E-state index in [1.54, 1.807) is 5.38 Å². The molecule has 16 heavy (non-hydrogen) atoms. The molecule has 0 unspecified atom stereocenters. The number of halogens is 1. The van der Waals surface area contributed by atoms with Gasteiger partial charge < -0.3 is 5.11 Å². The predicted molar refractivity (Wildman–Crippen MR) is 65.5 cm³/mol. The number of carboxylic acids is 1. The third kappa shape index (κ3) is 2.43. The van der Waals surface area contributed by atoms with Gasteiger partial charge in [-0.25, -0.2) is 4.79 Å². The lowest BCUT2D eigenvalue weighted by Crippen LogP contribution is -1.98. The van der Waals surface area contributed by atoms with Crippen LogP contribution in [0.3, 0.4) is 0 Å². The first-order chi connectivity index (χ1) is 7.66. The van der Waals surface area contributed by atoms with E-state index >= 15 is 0 Å². The summed E-state index contributed by atoms with van der Waals surface area (Å²) >= 11 is 7.04. The highest BCUT2D eigenvalue weighted by Gasteiger charge is 2.11. The molecule has 0 aliphatic rings. The quantitative estimate of drug-likeness (QED) is 0.905. The Balaban J connectivity index is 2.23. The zero-order valence-electron chi connectivity index (χ0n) is 8.31. The van der Waals surface area contributed by atoms with Gasteiger partial charge in [-0.05, 0) is 41.1 Å². The highest BCUT2D eigenvalue weighted by molar-refractivity contribution is 7.12. The van der Waals surface area contributed by atoms with Gasteiger partial charge >= 0.3 is 5.97 Å². The van der Waals surface area contributed by atoms with Crippen molar-refractivity contribution in [3.63, 3.8) is 0 Å². The largest absolute Gasteiger partial charge is 0.477 e. The van der Waals surface area contributed by atoms with Crippen LogP contribution in [0.2, 0.25) is 5.02 Å². The summed E-state index contributed by atoms with van der Waals surface area (Å²) in [6, 6.07) is 9.29. The summed E-state index contributed by atoms with van der Waals surface area (Å²) in [5.41, 5.74) is 1.91. The van der Waals surface area contributed by atoms with Crippen molar-refractivity contribution in [2.75, 3.05) is 0 Å². The van der Waals surface area contributed by atoms with Crippen LogP contribution in [0.15, 0.2) is 35.7 Å². The van der Waals surface area contributed by atoms with Crippen molar-refractivity contribution < 1.29 is 9.90 Å². The molecule has 0 radical (unpaired) electrons. The number of aromatic carboxylic acids is 1. The molecule has 0 bridgehead atoms. The standard InChI is InChI=1S/C12H9ClO2S/c13-10-3-1-8(2-4-10)7-9-5-6-16-11(9)12(14)15/h1-6H,7H2,(H,14,15). The average molecular weight is 253 g/mol. The van der Waals surface area contributed by atoms with Crippen molar-refractivity contribution in [2.45, 2.75) is 6.42 Å². The van der Waals surface area contributed by atoms with Crippen molar-refractivity contribution >= 4 is 28.9 Å². The number of carbonyl (C=O) groups is 1. The zero-order chi connectivity index (χ0) is 11.5. The second-order valence-corrected chi connectivity index (χ2v) is 4.74. The summed E-state index contributed by atoms with van der Waals surface area (Å²) in [7, 11) is 0. The summed E-state index contributed by atoms with van der Waals surface area (Å²) in [5.74, 6) is -0.862. The molecule has 0 fully saturated rings. The molecule has 0 amide bonds. The van der Waals surface area contributed by atoms with Crippen LogP contribution in [0.4, 0.5) is 0 Å². The minimum Gasteiger partial charge on any atom is -0.477 e. The molecule has 0 aliphatic carbocycles. The summed E-state index contributed by atoms with van der Waals surface area (Å²) in [6.07, 6.45) is 0.627. The average Bonchev–Trinajstić information content (AvgIpc) is 2.69. The second-order valence-electron chi connectivity index (χ2n) is 3.38. The molecule has 4 heteroatoms. The van der Waals surface area contributed by atoms with Gasteiger partial charge in [0.15, 0.2) is 0 Å². The van der Waals surface area contributed by atoms with Gasteiger partial charge in [-0.3, -0.25) is 0 Å². The first kappa shape index (κ1) is 11.2. The van der Waals surface area contributed by atoms with Crippen LogP contribution < -0.4 is 0 Å². The lowest BCUT2D eigenvalue weighted by molar-refractivity contribution is 0.0701. The molecule has 1 aromatic carbocycles. The first-order valence-corrected chi connectivity index (χ1v) is 5.96. The minimum absolute atomic E-state index is 0.412. The van der Waals surface area contributed by atoms with Crippen LogP contribution in [0, 0.1) is 0 Å². The van der Waals surface area contributed by atoms with Gasteiger partial charge in [0.05, 0.1) is 0 Å². The molecule has 0 saturated heterocycles. The van der Waals surface area contributed by atoms with Gasteiger partial charge in [-0.15, -0.1) is 11.3 Å². The van der Waals surface area contributed by atoms with E-state index in [1.807, 2.05) is 30.3 Å². The Labute approximate surface area is 102 Å². The Morgan fingerprint density at radius 2 is 1.94 bits per heavy atom. The third-order valence-electron chi connectivity index (χ3n) is 2.25. The van der Waals surface area contributed by atoms with E-state index in [0.29, 0.717) is 16.3 Å². The van der Waals surface area contributed by atoms with Crippen LogP contribution >= 0.6 is 22.9 Å². The lowest BCUT2D eigenvalue weighted by Gasteiger charge is -2.01. The molecule has 1 N–H and O–H groups in total. The van der Waals surface area contributed by atoms with Gasteiger partial charge in [-0.2, -0.15) is 0 Å². The monoisotopic (exact) mass is 252 g/mol. The highest BCUT2D eigenvalue weighted by Crippen LogP contribution is 2.21. The summed E-state index contributed by atoms with van der Waals surface area (Å²) in [6.45, 7) is 0. The maximum absolute atomic E-state index is 10.9. The molecule has 0 spiro atoms. The fourth-order valence-corrected chi connectivity index (χ4v) is 2.37. The lowest BCUT2D eigenvalue weighted by atomic mass is 10.1. The van der Waals surface area contributed by atoms with Crippen molar-refractivity contribution in [2.24, 2.45) is 0 Å². The highest BCUT2D eigenvalue weighted by atomic mass is 35.5. The first-order valence-electron chi connectivity index (χ1n) is 4.71. The van der Waals surface area contributed by atoms with Gasteiger partial charge in [0.2, 0.25) is 0 Å². The van der Waals surface area contributed by atoms with Crippen LogP contribution in [0.5, 0.6) is 0 Å². The number of benzene rings is 1. The van der Waals surface area contributed by atoms with E-state index in [4.69, 9.17) is 16.7 Å². The van der Waals surface area contributed by atoms with Crippen LogP contribution in [0.25, 0.3) is 0 Å². The topological polar surface area (TPSA) is 37.3 Å². The number of hydrogen-bond acceptors (Lipinski definition) is 2. The Morgan fingerprint density at radius 3 is 2.56 bits per heavy atom. The Kier molecular flexibility index (Phi) is 3.27. The van der Waals surface area contributed by atoms with Gasteiger partial charge in [0.25, 0.3) is 0 Å². The fourth-order valence-electron chi connectivity index (χ4n) is 1.48. The molecular weight excluding hydrogens is 244 g/mol. The molecule has 0 saturated carbocycles. The van der Waals surface area contributed by atoms with Crippen LogP contribution in [-0.2, 0) is 6.42 Å². The molecule has 0 aliphatic heterocycles. The van der Waals surface area contributed by atoms with Gasteiger partial charge in [0, 0.05) is 5.02 Å². The maximum atomic E-state index is 10.9. The fraction of sp³-hybridized carbons (Fsp3) is 0.0833. The smallest absolute Gasteiger partial charge is 0.346 e. The van der Waals surface area contributed by atoms with Crippen molar-refractivity contribution in [3.8, 4) is 0 Å². The van der Waals surface area contributed by atoms with Crippen molar-refractivity contribution in [1.29, 1.82) is 0 Å². The summed E-state index contributed by atoms with van der Waals surface area (Å²) in [4.78, 5) is 11.3. The molecular formula is C12H9ClO2S. The van der Waals surface area contributed by atoms with E-state index < -0.39 is 5.97 Å². The molecule has 1 aromatic heterocycles. The Morgan fingerprint density at radius 1 is 1.25 bits per heavy atom. The van der Waals surface area contributed by atoms with Crippen molar-refractivity contribution in [1.82, 2.24) is 0 Å². The number of thiophene rings is 1. The zero-order valence-corrected chi connectivity index (χ0v) is 9.89. The maximum Gasteiger partial charge on any atom is 0.346 e. The molecule has 2 aromatic rings. The Hall–Kier alpha value is -1.32. The second kappa shape index (κ2) is 4.68. The van der Waals surface area contributed by atoms with E-state index in [9.17, 15) is 4.79 Å². The summed E-state index contributed by atoms with van der Waals surface area (Å²) < 4.78 is 0. The molecule has 1 heterocycles. The van der Waals surface area contributed by atoms with Crippen LogP contribution in [-0.4, -0.2) is 11.1 Å². The van der Waals surface area contributed by atoms with E-state index in [2.05, 4.69) is 0 Å². The number of hydrogen-bond donors (Lipinski definition) is 1. The minimum atomic E-state index is -0.862. The molecule has 2 rings (SSSR count). The molecule has 2 nitrogen and oxygen atoms in total. The molecule has 0 atom stereocenters. The molecule has 82 valence electrons. The number of rotatable bonds is 3. The Bertz CT molecular complexity index is 502. The predicted octanol–water partition coefficient (Wildman–Crippen LogP) is 3.69. The van der Waals surface area contributed by atoms with Gasteiger partial charge in [-0.1, -0.05) is 23.7 Å². The van der Waals surface area contributed by atoms with Gasteiger partial charge in [0.1, 0.15) is 4.88 Å². The SMILES string of the molecule is O=C(O)c1sccc1Cc1ccc(Cl)cc1. The normalized spacial score (nSPS) is 10.3.